The van der Waals surface area contributed by atoms with Gasteiger partial charge in [-0.25, -0.2) is 8.42 Å². The van der Waals surface area contributed by atoms with Crippen molar-refractivity contribution in [2.24, 2.45) is 17.4 Å². The molecule has 2 heterocycles. The van der Waals surface area contributed by atoms with Crippen molar-refractivity contribution in [3.8, 4) is 0 Å². The van der Waals surface area contributed by atoms with E-state index in [0.717, 1.165) is 24.7 Å². The largest absolute Gasteiger partial charge is 0.370 e. The molecule has 1 aromatic rings. The van der Waals surface area contributed by atoms with Crippen molar-refractivity contribution in [3.05, 3.63) is 35.9 Å². The number of amides is 2. The number of sulfonamides is 1. The van der Waals surface area contributed by atoms with Crippen LogP contribution in [0.25, 0.3) is 0 Å². The molecule has 0 aliphatic carbocycles. The second kappa shape index (κ2) is 10.5. The molecular formula is C22H34N6O4S. The Kier molecular flexibility index (Phi) is 7.96. The van der Waals surface area contributed by atoms with Crippen molar-refractivity contribution < 1.29 is 18.0 Å². The zero-order chi connectivity index (χ0) is 24.2. The molecule has 1 unspecified atom stereocenters. The van der Waals surface area contributed by atoms with Crippen LogP contribution in [0, 0.1) is 11.3 Å². The number of nitrogens with two attached hydrogens (primary N) is 2. The van der Waals surface area contributed by atoms with Crippen LogP contribution in [0.5, 0.6) is 0 Å². The van der Waals surface area contributed by atoms with Crippen LogP contribution in [0.15, 0.2) is 30.3 Å². The van der Waals surface area contributed by atoms with E-state index in [9.17, 15) is 18.0 Å². The van der Waals surface area contributed by atoms with Crippen LogP contribution >= 0.6 is 0 Å². The minimum atomic E-state index is -3.77. The lowest BCUT2D eigenvalue weighted by molar-refractivity contribution is -0.140. The lowest BCUT2D eigenvalue weighted by Crippen LogP contribution is -2.56. The van der Waals surface area contributed by atoms with Crippen molar-refractivity contribution in [1.29, 1.82) is 5.41 Å². The molecule has 5 N–H and O–H groups in total. The number of guanidine groups is 1. The number of rotatable bonds is 8. The van der Waals surface area contributed by atoms with Crippen LogP contribution in [-0.4, -0.2) is 84.8 Å². The quantitative estimate of drug-likeness (QED) is 0.351. The van der Waals surface area contributed by atoms with E-state index in [0.29, 0.717) is 32.5 Å². The summed E-state index contributed by atoms with van der Waals surface area (Å²) < 4.78 is 27.2. The van der Waals surface area contributed by atoms with Crippen LogP contribution in [0.3, 0.4) is 0 Å². The third-order valence-electron chi connectivity index (χ3n) is 6.49. The molecule has 3 rings (SSSR count). The molecule has 0 spiro atoms. The average Bonchev–Trinajstić information content (AvgIpc) is 3.26. The molecule has 0 radical (unpaired) electrons. The Hall–Kier alpha value is -2.66. The van der Waals surface area contributed by atoms with Gasteiger partial charge in [0.05, 0.1) is 6.26 Å². The summed E-state index contributed by atoms with van der Waals surface area (Å²) in [5, 5.41) is 7.73. The maximum Gasteiger partial charge on any atom is 0.242 e. The van der Waals surface area contributed by atoms with Crippen LogP contribution in [0.1, 0.15) is 31.2 Å². The number of piperidine rings is 1. The fourth-order valence-corrected chi connectivity index (χ4v) is 5.96. The Labute approximate surface area is 195 Å². The van der Waals surface area contributed by atoms with Crippen molar-refractivity contribution >= 4 is 27.8 Å². The van der Waals surface area contributed by atoms with Gasteiger partial charge in [0.1, 0.15) is 12.1 Å². The Morgan fingerprint density at radius 3 is 2.42 bits per heavy atom. The molecule has 2 aliphatic heterocycles. The Morgan fingerprint density at radius 2 is 1.82 bits per heavy atom. The fourth-order valence-electron chi connectivity index (χ4n) is 4.85. The van der Waals surface area contributed by atoms with Gasteiger partial charge in [0, 0.05) is 26.2 Å². The molecule has 10 nitrogen and oxygen atoms in total. The van der Waals surface area contributed by atoms with Gasteiger partial charge in [0.15, 0.2) is 5.96 Å². The van der Waals surface area contributed by atoms with Crippen LogP contribution in [0.2, 0.25) is 0 Å². The summed E-state index contributed by atoms with van der Waals surface area (Å²) in [6.45, 7) is 1.63. The second-order valence-electron chi connectivity index (χ2n) is 8.97. The van der Waals surface area contributed by atoms with Gasteiger partial charge in [-0.15, -0.1) is 0 Å². The predicted molar refractivity (Wildman–Crippen MR) is 126 cm³/mol. The molecule has 0 aromatic heterocycles. The minimum Gasteiger partial charge on any atom is -0.370 e. The highest BCUT2D eigenvalue weighted by molar-refractivity contribution is 7.88. The standard InChI is InChI=1S/C22H34N6O4S/c1-33(31,32)28(15-17-9-5-11-26(14-17)22(24)25)19(13-16-7-3-2-4-8-16)21(30)27-12-6-10-18(27)20(23)29/h2-4,7-8,17-19H,5-6,9-15H2,1H3,(H2,23,29)(H3,24,25)/t17?,18-,19+/m0/s1. The molecular weight excluding hydrogens is 444 g/mol. The highest BCUT2D eigenvalue weighted by atomic mass is 32.2. The lowest BCUT2D eigenvalue weighted by Gasteiger charge is -2.38. The summed E-state index contributed by atoms with van der Waals surface area (Å²) >= 11 is 0. The van der Waals surface area contributed by atoms with E-state index in [2.05, 4.69) is 0 Å². The second-order valence-corrected chi connectivity index (χ2v) is 10.9. The smallest absolute Gasteiger partial charge is 0.242 e. The first-order valence-corrected chi connectivity index (χ1v) is 13.1. The molecule has 1 aromatic carbocycles. The zero-order valence-corrected chi connectivity index (χ0v) is 19.8. The van der Waals surface area contributed by atoms with Crippen molar-refractivity contribution in [1.82, 2.24) is 14.1 Å². The SMILES string of the molecule is CS(=O)(=O)N(CC1CCCN(C(=N)N)C1)[C@H](Cc1ccccc1)C(=O)N1CCC[C@H]1C(N)=O. The van der Waals surface area contributed by atoms with E-state index in [1.165, 1.54) is 9.21 Å². The molecule has 11 heteroatoms. The Bertz CT molecular complexity index is 970. The van der Waals surface area contributed by atoms with E-state index in [4.69, 9.17) is 16.9 Å². The number of hydrogen-bond donors (Lipinski definition) is 3. The molecule has 33 heavy (non-hydrogen) atoms. The molecule has 2 aliphatic rings. The Morgan fingerprint density at radius 1 is 1.15 bits per heavy atom. The van der Waals surface area contributed by atoms with E-state index in [1.807, 2.05) is 30.3 Å². The van der Waals surface area contributed by atoms with Gasteiger partial charge in [-0.2, -0.15) is 4.31 Å². The number of nitrogens with one attached hydrogen (secondary N) is 1. The number of carbonyl (C=O) groups excluding carboxylic acids is 2. The first-order valence-electron chi connectivity index (χ1n) is 11.3. The maximum absolute atomic E-state index is 13.7. The molecule has 2 saturated heterocycles. The first kappa shape index (κ1) is 25.0. The first-order chi connectivity index (χ1) is 15.6. The number of hydrogen-bond acceptors (Lipinski definition) is 5. The van der Waals surface area contributed by atoms with Gasteiger partial charge in [-0.3, -0.25) is 15.0 Å². The maximum atomic E-state index is 13.7. The third kappa shape index (κ3) is 6.23. The summed E-state index contributed by atoms with van der Waals surface area (Å²) in [6, 6.07) is 7.54. The van der Waals surface area contributed by atoms with Crippen molar-refractivity contribution in [3.63, 3.8) is 0 Å². The van der Waals surface area contributed by atoms with Gasteiger partial charge in [-0.1, -0.05) is 30.3 Å². The number of nitrogens with zero attached hydrogens (tertiary/aromatic N) is 3. The molecule has 0 saturated carbocycles. The predicted octanol–water partition coefficient (Wildman–Crippen LogP) is -0.0589. The van der Waals surface area contributed by atoms with E-state index in [1.54, 1.807) is 4.90 Å². The van der Waals surface area contributed by atoms with Crippen LogP contribution in [-0.2, 0) is 26.0 Å². The van der Waals surface area contributed by atoms with E-state index < -0.39 is 33.9 Å². The summed E-state index contributed by atoms with van der Waals surface area (Å²) in [4.78, 5) is 28.8. The average molecular weight is 479 g/mol. The highest BCUT2D eigenvalue weighted by Gasteiger charge is 2.41. The van der Waals surface area contributed by atoms with Gasteiger partial charge in [0.2, 0.25) is 21.8 Å². The molecule has 2 amide bonds. The number of carbonyl (C=O) groups is 2. The number of likely N-dealkylation sites (tertiary alicyclic amines) is 2. The number of benzene rings is 1. The van der Waals surface area contributed by atoms with Gasteiger partial charge >= 0.3 is 0 Å². The zero-order valence-electron chi connectivity index (χ0n) is 19.0. The van der Waals surface area contributed by atoms with Gasteiger partial charge in [-0.05, 0) is 43.6 Å². The molecule has 3 atom stereocenters. The van der Waals surface area contributed by atoms with E-state index in [-0.39, 0.29) is 24.8 Å². The third-order valence-corrected chi connectivity index (χ3v) is 7.75. The van der Waals surface area contributed by atoms with Crippen LogP contribution in [0.4, 0.5) is 0 Å². The van der Waals surface area contributed by atoms with Crippen LogP contribution < -0.4 is 11.5 Å². The molecule has 0 bridgehead atoms. The van der Waals surface area contributed by atoms with Crippen molar-refractivity contribution in [2.45, 2.75) is 44.2 Å². The molecule has 2 fully saturated rings. The minimum absolute atomic E-state index is 0.0381. The summed E-state index contributed by atoms with van der Waals surface area (Å²) in [6.07, 6.45) is 3.99. The summed E-state index contributed by atoms with van der Waals surface area (Å²) in [5.74, 6) is -1.09. The normalized spacial score (nSPS) is 22.4. The monoisotopic (exact) mass is 478 g/mol. The highest BCUT2D eigenvalue weighted by Crippen LogP contribution is 2.25. The molecule has 182 valence electrons. The van der Waals surface area contributed by atoms with Gasteiger partial charge in [0.25, 0.3) is 0 Å². The topological polar surface area (TPSA) is 154 Å². The van der Waals surface area contributed by atoms with Crippen molar-refractivity contribution in [2.75, 3.05) is 32.4 Å². The Balaban J connectivity index is 1.93. The van der Waals surface area contributed by atoms with Gasteiger partial charge < -0.3 is 21.3 Å². The summed E-state index contributed by atoms with van der Waals surface area (Å²) in [5.41, 5.74) is 12.0. The fraction of sp³-hybridized carbons (Fsp3) is 0.591. The lowest BCUT2D eigenvalue weighted by atomic mass is 9.97. The van der Waals surface area contributed by atoms with E-state index >= 15 is 0 Å². The number of primary amides is 1. The summed E-state index contributed by atoms with van der Waals surface area (Å²) in [7, 11) is -3.77.